The van der Waals surface area contributed by atoms with E-state index in [1.807, 2.05) is 24.5 Å². The Morgan fingerprint density at radius 2 is 1.00 bits per heavy atom. The summed E-state index contributed by atoms with van der Waals surface area (Å²) in [4.78, 5) is 9.43. The molecule has 1 aromatic carbocycles. The first-order valence-electron chi connectivity index (χ1n) is 7.95. The van der Waals surface area contributed by atoms with Gasteiger partial charge in [0, 0.05) is 23.5 Å². The zero-order valence-electron chi connectivity index (χ0n) is 12.3. The van der Waals surface area contributed by atoms with Crippen molar-refractivity contribution in [3.63, 3.8) is 0 Å². The standard InChI is InChI=1S/C20H16N2/c1-3-15-9-7-13-5-6-14-8-10-16-4-2-12-22-20(16)18(14)17(13)19(15)21-11-1/h1-6,11-12H,7-10H2. The highest BCUT2D eigenvalue weighted by Crippen LogP contribution is 2.43. The molecule has 2 aromatic heterocycles. The summed E-state index contributed by atoms with van der Waals surface area (Å²) in [5.41, 5.74) is 10.6. The van der Waals surface area contributed by atoms with Gasteiger partial charge in [0.15, 0.2) is 0 Å². The average molecular weight is 284 g/mol. The fourth-order valence-corrected chi connectivity index (χ4v) is 3.92. The molecule has 0 saturated heterocycles. The fourth-order valence-electron chi connectivity index (χ4n) is 3.92. The van der Waals surface area contributed by atoms with Gasteiger partial charge in [0.2, 0.25) is 0 Å². The molecule has 0 spiro atoms. The molecule has 3 aromatic rings. The lowest BCUT2D eigenvalue weighted by Gasteiger charge is -2.27. The minimum absolute atomic E-state index is 1.09. The number of benzene rings is 1. The van der Waals surface area contributed by atoms with Gasteiger partial charge >= 0.3 is 0 Å². The summed E-state index contributed by atoms with van der Waals surface area (Å²) in [5, 5.41) is 0. The van der Waals surface area contributed by atoms with Crippen molar-refractivity contribution in [1.29, 1.82) is 0 Å². The molecule has 2 heterocycles. The number of nitrogens with zero attached hydrogens (tertiary/aromatic N) is 2. The number of pyridine rings is 2. The Kier molecular flexibility index (Phi) is 2.48. The van der Waals surface area contributed by atoms with Gasteiger partial charge in [-0.05, 0) is 60.1 Å². The molecule has 0 atom stereocenters. The van der Waals surface area contributed by atoms with Crippen LogP contribution in [0.3, 0.4) is 0 Å². The quantitative estimate of drug-likeness (QED) is 0.623. The summed E-state index contributed by atoms with van der Waals surface area (Å²) in [6, 6.07) is 13.1. The van der Waals surface area contributed by atoms with Crippen molar-refractivity contribution in [1.82, 2.24) is 9.97 Å². The zero-order valence-corrected chi connectivity index (χ0v) is 12.3. The second kappa shape index (κ2) is 4.51. The summed E-state index contributed by atoms with van der Waals surface area (Å²) in [6.45, 7) is 0. The van der Waals surface area contributed by atoms with Crippen LogP contribution in [0.2, 0.25) is 0 Å². The smallest absolute Gasteiger partial charge is 0.0743 e. The molecule has 0 saturated carbocycles. The first kappa shape index (κ1) is 12.1. The molecule has 5 rings (SSSR count). The molecule has 0 fully saturated rings. The topological polar surface area (TPSA) is 25.8 Å². The maximum atomic E-state index is 4.71. The zero-order chi connectivity index (χ0) is 14.5. The van der Waals surface area contributed by atoms with E-state index in [1.165, 1.54) is 44.8 Å². The summed E-state index contributed by atoms with van der Waals surface area (Å²) in [7, 11) is 0. The van der Waals surface area contributed by atoms with Gasteiger partial charge in [0.1, 0.15) is 0 Å². The van der Waals surface area contributed by atoms with Crippen LogP contribution in [0.25, 0.3) is 22.5 Å². The molecule has 0 radical (unpaired) electrons. The number of hydrogen-bond donors (Lipinski definition) is 0. The Balaban J connectivity index is 1.88. The van der Waals surface area contributed by atoms with Crippen LogP contribution in [0.15, 0.2) is 48.8 Å². The second-order valence-electron chi connectivity index (χ2n) is 6.16. The van der Waals surface area contributed by atoms with Crippen molar-refractivity contribution in [2.24, 2.45) is 0 Å². The maximum Gasteiger partial charge on any atom is 0.0743 e. The number of hydrogen-bond acceptors (Lipinski definition) is 2. The fraction of sp³-hybridized carbons (Fsp3) is 0.200. The van der Waals surface area contributed by atoms with E-state index < -0.39 is 0 Å². The third kappa shape index (κ3) is 1.61. The molecule has 2 aliphatic carbocycles. The Morgan fingerprint density at radius 1 is 0.545 bits per heavy atom. The van der Waals surface area contributed by atoms with Crippen LogP contribution >= 0.6 is 0 Å². The third-order valence-corrected chi connectivity index (χ3v) is 4.96. The van der Waals surface area contributed by atoms with Crippen LogP contribution < -0.4 is 0 Å². The van der Waals surface area contributed by atoms with E-state index in [9.17, 15) is 0 Å². The predicted octanol–water partition coefficient (Wildman–Crippen LogP) is 4.01. The van der Waals surface area contributed by atoms with Gasteiger partial charge in [-0.2, -0.15) is 0 Å². The van der Waals surface area contributed by atoms with E-state index in [2.05, 4.69) is 24.3 Å². The maximum absolute atomic E-state index is 4.71. The number of aryl methyl sites for hydroxylation is 4. The van der Waals surface area contributed by atoms with Gasteiger partial charge in [0.05, 0.1) is 11.4 Å². The Labute approximate surface area is 129 Å². The highest BCUT2D eigenvalue weighted by Gasteiger charge is 2.26. The normalized spacial score (nSPS) is 14.5. The van der Waals surface area contributed by atoms with E-state index in [0.717, 1.165) is 25.7 Å². The van der Waals surface area contributed by atoms with Gasteiger partial charge in [-0.25, -0.2) is 0 Å². The van der Waals surface area contributed by atoms with Crippen LogP contribution in [-0.2, 0) is 25.7 Å². The second-order valence-corrected chi connectivity index (χ2v) is 6.16. The van der Waals surface area contributed by atoms with Gasteiger partial charge in [-0.15, -0.1) is 0 Å². The predicted molar refractivity (Wildman–Crippen MR) is 87.7 cm³/mol. The van der Waals surface area contributed by atoms with Crippen molar-refractivity contribution >= 4 is 0 Å². The SMILES string of the molecule is c1cnc2c(c1)CCc1ccc3c(c1-2)-c1ncccc1CC3. The van der Waals surface area contributed by atoms with Crippen molar-refractivity contribution < 1.29 is 0 Å². The first-order valence-corrected chi connectivity index (χ1v) is 7.95. The molecule has 2 nitrogen and oxygen atoms in total. The minimum atomic E-state index is 1.09. The molecular weight excluding hydrogens is 268 g/mol. The van der Waals surface area contributed by atoms with Crippen LogP contribution in [0, 0.1) is 0 Å². The van der Waals surface area contributed by atoms with E-state index in [1.54, 1.807) is 0 Å². The molecule has 0 bridgehead atoms. The highest BCUT2D eigenvalue weighted by molar-refractivity contribution is 5.89. The van der Waals surface area contributed by atoms with Gasteiger partial charge < -0.3 is 0 Å². The minimum Gasteiger partial charge on any atom is -0.256 e. The number of rotatable bonds is 0. The highest BCUT2D eigenvalue weighted by atomic mass is 14.7. The molecule has 0 N–H and O–H groups in total. The Hall–Kier alpha value is -2.48. The largest absolute Gasteiger partial charge is 0.256 e. The summed E-state index contributed by atoms with van der Waals surface area (Å²) >= 11 is 0. The van der Waals surface area contributed by atoms with E-state index in [-0.39, 0.29) is 0 Å². The average Bonchev–Trinajstić information content (AvgIpc) is 2.60. The molecule has 0 unspecified atom stereocenters. The number of fused-ring (bicyclic) bond motifs is 7. The molecule has 0 amide bonds. The molecule has 106 valence electrons. The monoisotopic (exact) mass is 284 g/mol. The molecule has 2 aliphatic rings. The first-order chi connectivity index (χ1) is 10.9. The van der Waals surface area contributed by atoms with E-state index in [4.69, 9.17) is 9.97 Å². The Morgan fingerprint density at radius 3 is 1.50 bits per heavy atom. The molecule has 2 heteroatoms. The van der Waals surface area contributed by atoms with Crippen LogP contribution in [-0.4, -0.2) is 9.97 Å². The lowest BCUT2D eigenvalue weighted by molar-refractivity contribution is 0.900. The summed E-state index contributed by atoms with van der Waals surface area (Å²) < 4.78 is 0. The van der Waals surface area contributed by atoms with Crippen LogP contribution in [0.1, 0.15) is 22.3 Å². The molecule has 0 aliphatic heterocycles. The van der Waals surface area contributed by atoms with Crippen LogP contribution in [0.5, 0.6) is 0 Å². The lowest BCUT2D eigenvalue weighted by atomic mass is 9.79. The third-order valence-electron chi connectivity index (χ3n) is 4.96. The van der Waals surface area contributed by atoms with Crippen molar-refractivity contribution in [3.05, 3.63) is 71.0 Å². The number of aromatic nitrogens is 2. The van der Waals surface area contributed by atoms with E-state index in [0.29, 0.717) is 0 Å². The van der Waals surface area contributed by atoms with Crippen molar-refractivity contribution in [3.8, 4) is 22.5 Å². The lowest BCUT2D eigenvalue weighted by Crippen LogP contribution is -2.12. The van der Waals surface area contributed by atoms with Crippen molar-refractivity contribution in [2.45, 2.75) is 25.7 Å². The summed E-state index contributed by atoms with van der Waals surface area (Å²) in [5.74, 6) is 0. The van der Waals surface area contributed by atoms with Gasteiger partial charge in [-0.1, -0.05) is 24.3 Å². The Bertz CT molecular complexity index is 821. The summed E-state index contributed by atoms with van der Waals surface area (Å²) in [6.07, 6.45) is 8.20. The van der Waals surface area contributed by atoms with Crippen LogP contribution in [0.4, 0.5) is 0 Å². The molecular formula is C20H16N2. The van der Waals surface area contributed by atoms with Gasteiger partial charge in [0.25, 0.3) is 0 Å². The molecule has 22 heavy (non-hydrogen) atoms. The van der Waals surface area contributed by atoms with Gasteiger partial charge in [-0.3, -0.25) is 9.97 Å². The van der Waals surface area contributed by atoms with E-state index >= 15 is 0 Å². The van der Waals surface area contributed by atoms with Crippen molar-refractivity contribution in [2.75, 3.05) is 0 Å².